The molecule has 22 heavy (non-hydrogen) atoms. The molecule has 6 heteroatoms. The van der Waals surface area contributed by atoms with E-state index >= 15 is 0 Å². The minimum absolute atomic E-state index is 0.0704. The lowest BCUT2D eigenvalue weighted by atomic mass is 10.2. The van der Waals surface area contributed by atoms with Crippen molar-refractivity contribution < 1.29 is 19.1 Å². The first kappa shape index (κ1) is 15.5. The van der Waals surface area contributed by atoms with Crippen LogP contribution in [0.2, 0.25) is 0 Å². The van der Waals surface area contributed by atoms with Crippen LogP contribution in [0.3, 0.4) is 0 Å². The fourth-order valence-electron chi connectivity index (χ4n) is 1.73. The number of rotatable bonds is 6. The lowest BCUT2D eigenvalue weighted by molar-refractivity contribution is -0.117. The zero-order valence-electron chi connectivity index (χ0n) is 11.8. The predicted octanol–water partition coefficient (Wildman–Crippen LogP) is 1.16. The minimum Gasteiger partial charge on any atom is -0.459 e. The Hall–Kier alpha value is -2.86. The number of amides is 2. The monoisotopic (exact) mass is 300 g/mol. The maximum absolute atomic E-state index is 12.1. The number of aliphatic hydroxyl groups is 1. The Morgan fingerprint density at radius 2 is 1.91 bits per heavy atom. The average molecular weight is 300 g/mol. The van der Waals surface area contributed by atoms with Crippen molar-refractivity contribution in [3.63, 3.8) is 0 Å². The number of hydrogen-bond donors (Lipinski definition) is 3. The fourth-order valence-corrected chi connectivity index (χ4v) is 1.73. The molecule has 0 saturated heterocycles. The lowest BCUT2D eigenvalue weighted by Crippen LogP contribution is -2.36. The second-order valence-electron chi connectivity index (χ2n) is 4.38. The molecular weight excluding hydrogens is 284 g/mol. The molecule has 2 aromatic rings. The molecule has 1 aromatic carbocycles. The molecule has 0 unspecified atom stereocenters. The highest BCUT2D eigenvalue weighted by Crippen LogP contribution is 2.07. The lowest BCUT2D eigenvalue weighted by Gasteiger charge is -2.09. The molecule has 2 rings (SSSR count). The maximum atomic E-state index is 12.1. The highest BCUT2D eigenvalue weighted by molar-refractivity contribution is 6.04. The van der Waals surface area contributed by atoms with E-state index in [1.165, 1.54) is 12.3 Å². The first-order chi connectivity index (χ1) is 10.7. The van der Waals surface area contributed by atoms with E-state index in [0.29, 0.717) is 0 Å². The van der Waals surface area contributed by atoms with Crippen molar-refractivity contribution in [1.82, 2.24) is 10.6 Å². The van der Waals surface area contributed by atoms with Gasteiger partial charge in [0.25, 0.3) is 11.8 Å². The molecule has 0 fully saturated rings. The molecule has 0 bridgehead atoms. The Morgan fingerprint density at radius 1 is 1.14 bits per heavy atom. The highest BCUT2D eigenvalue weighted by Gasteiger charge is 2.15. The molecule has 3 N–H and O–H groups in total. The Kier molecular flexibility index (Phi) is 5.50. The van der Waals surface area contributed by atoms with Crippen molar-refractivity contribution in [2.45, 2.75) is 0 Å². The molecule has 1 heterocycles. The summed E-state index contributed by atoms with van der Waals surface area (Å²) in [6, 6.07) is 12.2. The van der Waals surface area contributed by atoms with Gasteiger partial charge in [-0.25, -0.2) is 0 Å². The standard InChI is InChI=1S/C16H16N2O4/c19-9-8-17-15(20)13(11-12-5-2-1-3-6-12)18-16(21)14-7-4-10-22-14/h1-7,10-11,19H,8-9H2,(H,17,20)(H,18,21). The molecule has 0 spiro atoms. The first-order valence-corrected chi connectivity index (χ1v) is 6.71. The van der Waals surface area contributed by atoms with E-state index in [-0.39, 0.29) is 24.6 Å². The van der Waals surface area contributed by atoms with Gasteiger partial charge in [0, 0.05) is 6.54 Å². The molecule has 6 nitrogen and oxygen atoms in total. The second kappa shape index (κ2) is 7.80. The van der Waals surface area contributed by atoms with E-state index in [4.69, 9.17) is 9.52 Å². The first-order valence-electron chi connectivity index (χ1n) is 6.71. The topological polar surface area (TPSA) is 91.6 Å². The molecule has 114 valence electrons. The van der Waals surface area contributed by atoms with Crippen molar-refractivity contribution >= 4 is 17.9 Å². The third-order valence-electron chi connectivity index (χ3n) is 2.75. The van der Waals surface area contributed by atoms with E-state index in [9.17, 15) is 9.59 Å². The van der Waals surface area contributed by atoms with Crippen LogP contribution in [-0.2, 0) is 4.79 Å². The van der Waals surface area contributed by atoms with E-state index < -0.39 is 11.8 Å². The van der Waals surface area contributed by atoms with Crippen LogP contribution in [0.15, 0.2) is 58.8 Å². The third kappa shape index (κ3) is 4.32. The molecule has 0 aliphatic heterocycles. The molecule has 1 aromatic heterocycles. The van der Waals surface area contributed by atoms with E-state index in [0.717, 1.165) is 5.56 Å². The number of aliphatic hydroxyl groups excluding tert-OH is 1. The van der Waals surface area contributed by atoms with Crippen LogP contribution in [0, 0.1) is 0 Å². The maximum Gasteiger partial charge on any atom is 0.291 e. The summed E-state index contributed by atoms with van der Waals surface area (Å²) < 4.78 is 5.00. The summed E-state index contributed by atoms with van der Waals surface area (Å²) in [5.41, 5.74) is 0.831. The Morgan fingerprint density at radius 3 is 2.55 bits per heavy atom. The van der Waals surface area contributed by atoms with Crippen LogP contribution in [0.25, 0.3) is 6.08 Å². The second-order valence-corrected chi connectivity index (χ2v) is 4.38. The van der Waals surface area contributed by atoms with Crippen molar-refractivity contribution in [3.05, 3.63) is 65.7 Å². The minimum atomic E-state index is -0.522. The van der Waals surface area contributed by atoms with Crippen molar-refractivity contribution in [1.29, 1.82) is 0 Å². The summed E-state index contributed by atoms with van der Waals surface area (Å²) in [4.78, 5) is 24.1. The summed E-state index contributed by atoms with van der Waals surface area (Å²) in [5, 5.41) is 13.8. The van der Waals surface area contributed by atoms with E-state index in [2.05, 4.69) is 10.6 Å². The van der Waals surface area contributed by atoms with E-state index in [1.807, 2.05) is 18.2 Å². The van der Waals surface area contributed by atoms with Gasteiger partial charge >= 0.3 is 0 Å². The molecule has 0 saturated carbocycles. The van der Waals surface area contributed by atoms with Gasteiger partial charge in [0.05, 0.1) is 12.9 Å². The molecular formula is C16H16N2O4. The van der Waals surface area contributed by atoms with Gasteiger partial charge in [-0.3, -0.25) is 9.59 Å². The zero-order chi connectivity index (χ0) is 15.8. The third-order valence-corrected chi connectivity index (χ3v) is 2.75. The zero-order valence-corrected chi connectivity index (χ0v) is 11.8. The summed E-state index contributed by atoms with van der Waals surface area (Å²) in [6.07, 6.45) is 2.93. The molecule has 0 radical (unpaired) electrons. The van der Waals surface area contributed by atoms with Crippen LogP contribution in [-0.4, -0.2) is 30.1 Å². The molecule has 2 amide bonds. The Labute approximate surface area is 127 Å². The highest BCUT2D eigenvalue weighted by atomic mass is 16.3. The van der Waals surface area contributed by atoms with Gasteiger partial charge in [0.1, 0.15) is 5.70 Å². The SMILES string of the molecule is O=C(NCCO)C(=Cc1ccccc1)NC(=O)c1ccco1. The summed E-state index contributed by atoms with van der Waals surface area (Å²) in [6.45, 7) is -0.0852. The number of carbonyl (C=O) groups is 2. The van der Waals surface area contributed by atoms with Gasteiger partial charge in [-0.1, -0.05) is 30.3 Å². The summed E-state index contributed by atoms with van der Waals surface area (Å²) in [7, 11) is 0. The smallest absolute Gasteiger partial charge is 0.291 e. The van der Waals surface area contributed by atoms with Crippen LogP contribution in [0.4, 0.5) is 0 Å². The van der Waals surface area contributed by atoms with Gasteiger partial charge in [-0.2, -0.15) is 0 Å². The number of furan rings is 1. The molecule has 0 atom stereocenters. The Balaban J connectivity index is 2.19. The number of carbonyl (C=O) groups excluding carboxylic acids is 2. The van der Waals surface area contributed by atoms with Crippen molar-refractivity contribution in [3.8, 4) is 0 Å². The van der Waals surface area contributed by atoms with Crippen LogP contribution in [0.1, 0.15) is 16.1 Å². The number of benzene rings is 1. The normalized spacial score (nSPS) is 11.0. The van der Waals surface area contributed by atoms with Gasteiger partial charge in [-0.05, 0) is 23.8 Å². The summed E-state index contributed by atoms with van der Waals surface area (Å²) in [5.74, 6) is -0.905. The van der Waals surface area contributed by atoms with Crippen LogP contribution < -0.4 is 10.6 Å². The largest absolute Gasteiger partial charge is 0.459 e. The van der Waals surface area contributed by atoms with Crippen molar-refractivity contribution in [2.75, 3.05) is 13.2 Å². The van der Waals surface area contributed by atoms with Crippen LogP contribution in [0.5, 0.6) is 0 Å². The molecule has 0 aliphatic carbocycles. The fraction of sp³-hybridized carbons (Fsp3) is 0.125. The quantitative estimate of drug-likeness (QED) is 0.698. The number of hydrogen-bond acceptors (Lipinski definition) is 4. The van der Waals surface area contributed by atoms with Gasteiger partial charge < -0.3 is 20.2 Å². The van der Waals surface area contributed by atoms with Gasteiger partial charge in [0.15, 0.2) is 5.76 Å². The molecule has 0 aliphatic rings. The van der Waals surface area contributed by atoms with E-state index in [1.54, 1.807) is 24.3 Å². The van der Waals surface area contributed by atoms with Crippen LogP contribution >= 0.6 is 0 Å². The number of nitrogens with one attached hydrogen (secondary N) is 2. The average Bonchev–Trinajstić information content (AvgIpc) is 3.07. The van der Waals surface area contributed by atoms with Gasteiger partial charge in [-0.15, -0.1) is 0 Å². The Bertz CT molecular complexity index is 648. The predicted molar refractivity (Wildman–Crippen MR) is 80.7 cm³/mol. The van der Waals surface area contributed by atoms with Gasteiger partial charge in [0.2, 0.25) is 0 Å². The summed E-state index contributed by atoms with van der Waals surface area (Å²) >= 11 is 0. The van der Waals surface area contributed by atoms with Crippen molar-refractivity contribution in [2.24, 2.45) is 0 Å².